The summed E-state index contributed by atoms with van der Waals surface area (Å²) in [5.74, 6) is -0.161. The summed E-state index contributed by atoms with van der Waals surface area (Å²) >= 11 is 0.906. The van der Waals surface area contributed by atoms with Crippen LogP contribution < -0.4 is 5.73 Å². The highest BCUT2D eigenvalue weighted by Crippen LogP contribution is 2.25. The Labute approximate surface area is 108 Å². The summed E-state index contributed by atoms with van der Waals surface area (Å²) in [4.78, 5) is 23.9. The SMILES string of the molecule is Cl.NC1CCN(C(=O)c2ccc([N+](=O)[O-])s2)C1. The molecule has 0 bridgehead atoms. The van der Waals surface area contributed by atoms with E-state index in [1.165, 1.54) is 12.1 Å². The lowest BCUT2D eigenvalue weighted by atomic mass is 10.3. The van der Waals surface area contributed by atoms with Gasteiger partial charge < -0.3 is 10.6 Å². The zero-order valence-electron chi connectivity index (χ0n) is 8.87. The second-order valence-electron chi connectivity index (χ2n) is 3.69. The zero-order valence-corrected chi connectivity index (χ0v) is 10.5. The van der Waals surface area contributed by atoms with Crippen LogP contribution in [0.5, 0.6) is 0 Å². The Morgan fingerprint density at radius 1 is 1.59 bits per heavy atom. The van der Waals surface area contributed by atoms with Crippen LogP contribution >= 0.6 is 23.7 Å². The smallest absolute Gasteiger partial charge is 0.324 e. The molecule has 0 saturated carbocycles. The van der Waals surface area contributed by atoms with E-state index < -0.39 is 4.92 Å². The maximum absolute atomic E-state index is 11.9. The first-order valence-electron chi connectivity index (χ1n) is 4.87. The predicted octanol–water partition coefficient (Wildman–Crippen LogP) is 1.25. The molecule has 2 heterocycles. The summed E-state index contributed by atoms with van der Waals surface area (Å²) in [5, 5.41) is 10.5. The molecule has 1 atom stereocenters. The lowest BCUT2D eigenvalue weighted by molar-refractivity contribution is -0.380. The maximum atomic E-state index is 11.9. The number of nitro groups is 1. The number of amides is 1. The van der Waals surface area contributed by atoms with E-state index in [1.54, 1.807) is 4.90 Å². The molecule has 1 aromatic rings. The van der Waals surface area contributed by atoms with E-state index in [-0.39, 0.29) is 29.4 Å². The van der Waals surface area contributed by atoms with Crippen molar-refractivity contribution in [1.29, 1.82) is 0 Å². The molecular weight excluding hydrogens is 266 g/mol. The third kappa shape index (κ3) is 2.93. The summed E-state index contributed by atoms with van der Waals surface area (Å²) < 4.78 is 0. The minimum Gasteiger partial charge on any atom is -0.336 e. The van der Waals surface area contributed by atoms with Gasteiger partial charge in [-0.25, -0.2) is 0 Å². The van der Waals surface area contributed by atoms with Crippen LogP contribution in [0.25, 0.3) is 0 Å². The van der Waals surface area contributed by atoms with Crippen molar-refractivity contribution in [3.8, 4) is 0 Å². The summed E-state index contributed by atoms with van der Waals surface area (Å²) in [7, 11) is 0. The fourth-order valence-electron chi connectivity index (χ4n) is 1.67. The highest BCUT2D eigenvalue weighted by molar-refractivity contribution is 7.17. The van der Waals surface area contributed by atoms with Crippen molar-refractivity contribution in [2.45, 2.75) is 12.5 Å². The van der Waals surface area contributed by atoms with Crippen molar-refractivity contribution in [2.24, 2.45) is 5.73 Å². The first-order valence-corrected chi connectivity index (χ1v) is 5.68. The van der Waals surface area contributed by atoms with Gasteiger partial charge in [0.15, 0.2) is 0 Å². The number of hydrogen-bond donors (Lipinski definition) is 1. The summed E-state index contributed by atoms with van der Waals surface area (Å²) in [5.41, 5.74) is 5.70. The molecule has 1 aliphatic heterocycles. The van der Waals surface area contributed by atoms with Crippen LogP contribution in [-0.4, -0.2) is 34.9 Å². The van der Waals surface area contributed by atoms with Gasteiger partial charge in [-0.15, -0.1) is 12.4 Å². The Balaban J connectivity index is 0.00000144. The monoisotopic (exact) mass is 277 g/mol. The lowest BCUT2D eigenvalue weighted by Crippen LogP contribution is -2.31. The van der Waals surface area contributed by atoms with E-state index in [0.29, 0.717) is 18.0 Å². The van der Waals surface area contributed by atoms with Crippen LogP contribution in [0.3, 0.4) is 0 Å². The fourth-order valence-corrected chi connectivity index (χ4v) is 2.46. The van der Waals surface area contributed by atoms with Gasteiger partial charge in [0.2, 0.25) is 0 Å². The first kappa shape index (κ1) is 13.9. The standard InChI is InChI=1S/C9H11N3O3S.ClH/c10-6-3-4-11(5-6)9(13)7-1-2-8(16-7)12(14)15;/h1-2,6H,3-5,10H2;1H. The molecular formula is C9H12ClN3O3S. The summed E-state index contributed by atoms with van der Waals surface area (Å²) in [6.07, 6.45) is 0.791. The van der Waals surface area contributed by atoms with Gasteiger partial charge in [-0.2, -0.15) is 0 Å². The molecule has 0 radical (unpaired) electrons. The summed E-state index contributed by atoms with van der Waals surface area (Å²) in [6.45, 7) is 1.16. The molecule has 0 spiro atoms. The number of rotatable bonds is 2. The van der Waals surface area contributed by atoms with Gasteiger partial charge in [-0.3, -0.25) is 14.9 Å². The Kier molecular flexibility index (Phi) is 4.44. The molecule has 1 saturated heterocycles. The molecule has 1 amide bonds. The normalized spacial score (nSPS) is 18.9. The third-order valence-corrected chi connectivity index (χ3v) is 3.52. The van der Waals surface area contributed by atoms with Gasteiger partial charge in [0.1, 0.15) is 0 Å². The van der Waals surface area contributed by atoms with Gasteiger partial charge in [0.25, 0.3) is 5.91 Å². The van der Waals surface area contributed by atoms with Gasteiger partial charge in [0, 0.05) is 25.2 Å². The largest absolute Gasteiger partial charge is 0.336 e. The average molecular weight is 278 g/mol. The summed E-state index contributed by atoms with van der Waals surface area (Å²) in [6, 6.07) is 2.88. The maximum Gasteiger partial charge on any atom is 0.324 e. The molecule has 0 aliphatic carbocycles. The van der Waals surface area contributed by atoms with Crippen molar-refractivity contribution in [3.05, 3.63) is 27.1 Å². The highest BCUT2D eigenvalue weighted by atomic mass is 35.5. The molecule has 1 aromatic heterocycles. The molecule has 8 heteroatoms. The van der Waals surface area contributed by atoms with Crippen molar-refractivity contribution >= 4 is 34.7 Å². The molecule has 0 aromatic carbocycles. The number of carbonyl (C=O) groups excluding carboxylic acids is 1. The van der Waals surface area contributed by atoms with Crippen LogP contribution in [0.4, 0.5) is 5.00 Å². The van der Waals surface area contributed by atoms with Gasteiger partial charge >= 0.3 is 5.00 Å². The van der Waals surface area contributed by atoms with Crippen molar-refractivity contribution in [1.82, 2.24) is 4.90 Å². The molecule has 1 aliphatic rings. The number of thiophene rings is 1. The van der Waals surface area contributed by atoms with E-state index in [0.717, 1.165) is 17.8 Å². The Bertz CT molecular complexity index is 437. The number of carbonyl (C=O) groups is 1. The van der Waals surface area contributed by atoms with Crippen LogP contribution in [0.2, 0.25) is 0 Å². The Morgan fingerprint density at radius 2 is 2.29 bits per heavy atom. The van der Waals surface area contributed by atoms with Crippen LogP contribution in [-0.2, 0) is 0 Å². The van der Waals surface area contributed by atoms with Gasteiger partial charge in [-0.05, 0) is 12.5 Å². The minimum atomic E-state index is -0.489. The molecule has 2 N–H and O–H groups in total. The van der Waals surface area contributed by atoms with Gasteiger partial charge in [-0.1, -0.05) is 11.3 Å². The number of nitrogens with zero attached hydrogens (tertiary/aromatic N) is 2. The molecule has 1 unspecified atom stereocenters. The number of likely N-dealkylation sites (tertiary alicyclic amines) is 1. The van der Waals surface area contributed by atoms with E-state index in [1.807, 2.05) is 0 Å². The number of nitrogens with two attached hydrogens (primary N) is 1. The zero-order chi connectivity index (χ0) is 11.7. The van der Waals surface area contributed by atoms with E-state index >= 15 is 0 Å². The third-order valence-electron chi connectivity index (χ3n) is 2.49. The minimum absolute atomic E-state index is 0. The molecule has 1 fully saturated rings. The van der Waals surface area contributed by atoms with Gasteiger partial charge in [0.05, 0.1) is 9.80 Å². The van der Waals surface area contributed by atoms with Crippen molar-refractivity contribution in [3.63, 3.8) is 0 Å². The second kappa shape index (κ2) is 5.44. The fraction of sp³-hybridized carbons (Fsp3) is 0.444. The molecule has 2 rings (SSSR count). The number of halogens is 1. The van der Waals surface area contributed by atoms with E-state index in [4.69, 9.17) is 5.73 Å². The molecule has 94 valence electrons. The van der Waals surface area contributed by atoms with Crippen LogP contribution in [0, 0.1) is 10.1 Å². The van der Waals surface area contributed by atoms with Crippen molar-refractivity contribution in [2.75, 3.05) is 13.1 Å². The van der Waals surface area contributed by atoms with Crippen LogP contribution in [0.15, 0.2) is 12.1 Å². The van der Waals surface area contributed by atoms with Crippen molar-refractivity contribution < 1.29 is 9.72 Å². The lowest BCUT2D eigenvalue weighted by Gasteiger charge is -2.13. The van der Waals surface area contributed by atoms with Crippen LogP contribution in [0.1, 0.15) is 16.1 Å². The Hall–Kier alpha value is -1.18. The first-order chi connectivity index (χ1) is 7.58. The quantitative estimate of drug-likeness (QED) is 0.651. The predicted molar refractivity (Wildman–Crippen MR) is 66.7 cm³/mol. The average Bonchev–Trinajstić information content (AvgIpc) is 2.84. The highest BCUT2D eigenvalue weighted by Gasteiger charge is 2.26. The van der Waals surface area contributed by atoms with E-state index in [9.17, 15) is 14.9 Å². The second-order valence-corrected chi connectivity index (χ2v) is 4.76. The number of hydrogen-bond acceptors (Lipinski definition) is 5. The molecule has 17 heavy (non-hydrogen) atoms. The molecule has 6 nitrogen and oxygen atoms in total. The van der Waals surface area contributed by atoms with E-state index in [2.05, 4.69) is 0 Å². The Morgan fingerprint density at radius 3 is 2.76 bits per heavy atom. The topological polar surface area (TPSA) is 89.5 Å².